The van der Waals surface area contributed by atoms with E-state index in [0.29, 0.717) is 0 Å². The Balaban J connectivity index is 1.88. The molecule has 2 heterocycles. The fraction of sp³-hybridized carbons (Fsp3) is 0.0714. The summed E-state index contributed by atoms with van der Waals surface area (Å²) in [5.41, 5.74) is 3.33. The van der Waals surface area contributed by atoms with Gasteiger partial charge in [0.2, 0.25) is 0 Å². The summed E-state index contributed by atoms with van der Waals surface area (Å²) in [6.07, 6.45) is 1.83. The van der Waals surface area contributed by atoms with E-state index < -0.39 is 0 Å². The van der Waals surface area contributed by atoms with Crippen LogP contribution in [0.4, 0.5) is 5.69 Å². The largest absolute Gasteiger partial charge is 0.379 e. The molecule has 1 aromatic carbocycles. The number of anilines is 1. The number of halogens is 2. The van der Waals surface area contributed by atoms with Crippen molar-refractivity contribution in [3.63, 3.8) is 0 Å². The van der Waals surface area contributed by atoms with Crippen LogP contribution >= 0.6 is 43.2 Å². The molecule has 0 spiro atoms. The van der Waals surface area contributed by atoms with Crippen molar-refractivity contribution in [2.45, 2.75) is 6.54 Å². The highest BCUT2D eigenvalue weighted by Crippen LogP contribution is 2.25. The Kier molecular flexibility index (Phi) is 3.86. The van der Waals surface area contributed by atoms with Crippen molar-refractivity contribution in [3.8, 4) is 0 Å². The van der Waals surface area contributed by atoms with Gasteiger partial charge >= 0.3 is 0 Å². The second kappa shape index (κ2) is 5.61. The number of pyridine rings is 1. The van der Waals surface area contributed by atoms with Gasteiger partial charge in [-0.3, -0.25) is 4.98 Å². The van der Waals surface area contributed by atoms with Crippen LogP contribution in [0.5, 0.6) is 0 Å². The van der Waals surface area contributed by atoms with Crippen LogP contribution in [0.1, 0.15) is 5.56 Å². The normalized spacial score (nSPS) is 10.8. The first-order valence-corrected chi connectivity index (χ1v) is 8.20. The minimum atomic E-state index is 0.805. The van der Waals surface area contributed by atoms with Crippen molar-refractivity contribution >= 4 is 59.8 Å². The van der Waals surface area contributed by atoms with E-state index in [1.807, 2.05) is 12.3 Å². The van der Waals surface area contributed by atoms with Crippen molar-refractivity contribution in [2.24, 2.45) is 0 Å². The predicted molar refractivity (Wildman–Crippen MR) is 88.8 cm³/mol. The Morgan fingerprint density at radius 3 is 2.89 bits per heavy atom. The zero-order valence-electron chi connectivity index (χ0n) is 9.86. The number of benzene rings is 1. The minimum absolute atomic E-state index is 0.805. The van der Waals surface area contributed by atoms with Gasteiger partial charge in [0.15, 0.2) is 0 Å². The molecule has 0 saturated heterocycles. The lowest BCUT2D eigenvalue weighted by Crippen LogP contribution is -1.99. The average molecular weight is 398 g/mol. The average Bonchev–Trinajstić information content (AvgIpc) is 2.81. The highest BCUT2D eigenvalue weighted by Gasteiger charge is 2.03. The number of hydrogen-bond acceptors (Lipinski definition) is 3. The van der Waals surface area contributed by atoms with Crippen molar-refractivity contribution in [3.05, 3.63) is 55.7 Å². The van der Waals surface area contributed by atoms with Crippen molar-refractivity contribution in [1.82, 2.24) is 4.98 Å². The molecule has 0 radical (unpaired) electrons. The summed E-state index contributed by atoms with van der Waals surface area (Å²) in [5, 5.41) is 6.72. The van der Waals surface area contributed by atoms with Gasteiger partial charge < -0.3 is 5.32 Å². The van der Waals surface area contributed by atoms with Gasteiger partial charge in [0.1, 0.15) is 0 Å². The van der Waals surface area contributed by atoms with E-state index in [9.17, 15) is 0 Å². The Bertz CT molecular complexity index is 724. The summed E-state index contributed by atoms with van der Waals surface area (Å²) >= 11 is 8.63. The summed E-state index contributed by atoms with van der Waals surface area (Å²) in [5.74, 6) is 0. The molecule has 19 heavy (non-hydrogen) atoms. The van der Waals surface area contributed by atoms with Crippen LogP contribution in [-0.4, -0.2) is 4.98 Å². The first kappa shape index (κ1) is 13.1. The van der Waals surface area contributed by atoms with Crippen LogP contribution < -0.4 is 5.32 Å². The molecule has 96 valence electrons. The zero-order valence-corrected chi connectivity index (χ0v) is 13.8. The molecule has 3 aromatic rings. The molecular formula is C14H10Br2N2S. The van der Waals surface area contributed by atoms with E-state index in [4.69, 9.17) is 0 Å². The molecule has 2 aromatic heterocycles. The molecule has 1 N–H and O–H groups in total. The van der Waals surface area contributed by atoms with Crippen molar-refractivity contribution < 1.29 is 0 Å². The number of aromatic nitrogens is 1. The first-order chi connectivity index (χ1) is 9.22. The second-order valence-electron chi connectivity index (χ2n) is 4.14. The zero-order chi connectivity index (χ0) is 13.2. The molecule has 0 aliphatic carbocycles. The van der Waals surface area contributed by atoms with Crippen LogP contribution in [-0.2, 0) is 6.54 Å². The molecular weight excluding hydrogens is 388 g/mol. The van der Waals surface area contributed by atoms with Gasteiger partial charge in [-0.1, -0.05) is 12.1 Å². The van der Waals surface area contributed by atoms with Gasteiger partial charge in [0, 0.05) is 22.6 Å². The highest BCUT2D eigenvalue weighted by molar-refractivity contribution is 9.11. The molecule has 3 rings (SSSR count). The maximum Gasteiger partial charge on any atom is 0.0934 e. The number of rotatable bonds is 3. The van der Waals surface area contributed by atoms with E-state index in [1.165, 1.54) is 5.56 Å². The summed E-state index contributed by atoms with van der Waals surface area (Å²) < 4.78 is 2.16. The molecule has 0 bridgehead atoms. The van der Waals surface area contributed by atoms with Gasteiger partial charge in [0.25, 0.3) is 0 Å². The smallest absolute Gasteiger partial charge is 0.0934 e. The summed E-state index contributed by atoms with van der Waals surface area (Å²) in [7, 11) is 0. The lowest BCUT2D eigenvalue weighted by Gasteiger charge is -2.08. The van der Waals surface area contributed by atoms with Gasteiger partial charge in [-0.15, -0.1) is 11.3 Å². The van der Waals surface area contributed by atoms with Gasteiger partial charge in [0.05, 0.1) is 15.0 Å². The molecule has 0 aliphatic heterocycles. The molecule has 0 unspecified atom stereocenters. The number of nitrogens with zero attached hydrogens (tertiary/aromatic N) is 1. The van der Waals surface area contributed by atoms with E-state index in [-0.39, 0.29) is 0 Å². The van der Waals surface area contributed by atoms with Crippen LogP contribution in [0.25, 0.3) is 10.9 Å². The minimum Gasteiger partial charge on any atom is -0.379 e. The number of hydrogen-bond donors (Lipinski definition) is 1. The Labute approximate surface area is 132 Å². The third-order valence-electron chi connectivity index (χ3n) is 2.78. The van der Waals surface area contributed by atoms with E-state index in [1.54, 1.807) is 11.3 Å². The Hall–Kier alpha value is -0.910. The van der Waals surface area contributed by atoms with E-state index in [0.717, 1.165) is 31.4 Å². The molecule has 0 saturated carbocycles. The first-order valence-electron chi connectivity index (χ1n) is 5.73. The summed E-state index contributed by atoms with van der Waals surface area (Å²) in [4.78, 5) is 4.48. The van der Waals surface area contributed by atoms with Gasteiger partial charge in [-0.2, -0.15) is 0 Å². The van der Waals surface area contributed by atoms with Gasteiger partial charge in [-0.05, 0) is 61.0 Å². The molecule has 0 fully saturated rings. The maximum atomic E-state index is 4.48. The monoisotopic (exact) mass is 396 g/mol. The van der Waals surface area contributed by atoms with Crippen LogP contribution in [0.3, 0.4) is 0 Å². The van der Waals surface area contributed by atoms with Crippen LogP contribution in [0.2, 0.25) is 0 Å². The number of fused-ring (bicyclic) bond motifs is 1. The molecule has 0 aliphatic rings. The second-order valence-corrected chi connectivity index (χ2v) is 7.35. The highest BCUT2D eigenvalue weighted by atomic mass is 79.9. The third kappa shape index (κ3) is 2.99. The SMILES string of the molecule is Brc1cnc2c(NCc3csc(Br)c3)cccc2c1. The predicted octanol–water partition coefficient (Wildman–Crippen LogP) is 5.43. The molecule has 0 amide bonds. The molecule has 0 atom stereocenters. The number of nitrogens with one attached hydrogen (secondary N) is 1. The summed E-state index contributed by atoms with van der Waals surface area (Å²) in [6, 6.07) is 10.4. The number of para-hydroxylation sites is 1. The topological polar surface area (TPSA) is 24.9 Å². The Morgan fingerprint density at radius 2 is 2.11 bits per heavy atom. The maximum absolute atomic E-state index is 4.48. The van der Waals surface area contributed by atoms with E-state index in [2.05, 4.69) is 71.8 Å². The Morgan fingerprint density at radius 1 is 1.21 bits per heavy atom. The van der Waals surface area contributed by atoms with Crippen LogP contribution in [0.15, 0.2) is 50.2 Å². The van der Waals surface area contributed by atoms with Crippen molar-refractivity contribution in [2.75, 3.05) is 5.32 Å². The third-order valence-corrected chi connectivity index (χ3v) is 4.77. The molecule has 2 nitrogen and oxygen atoms in total. The fourth-order valence-corrected chi connectivity index (χ4v) is 3.47. The fourth-order valence-electron chi connectivity index (χ4n) is 1.91. The van der Waals surface area contributed by atoms with Crippen LogP contribution in [0, 0.1) is 0 Å². The lowest BCUT2D eigenvalue weighted by atomic mass is 10.2. The van der Waals surface area contributed by atoms with E-state index >= 15 is 0 Å². The molecule has 5 heteroatoms. The van der Waals surface area contributed by atoms with Crippen molar-refractivity contribution in [1.29, 1.82) is 0 Å². The lowest BCUT2D eigenvalue weighted by molar-refractivity contribution is 1.16. The van der Waals surface area contributed by atoms with Gasteiger partial charge in [-0.25, -0.2) is 0 Å². The quantitative estimate of drug-likeness (QED) is 0.636. The standard InChI is InChI=1S/C14H10Br2N2S/c15-11-5-10-2-1-3-12(14(10)18-7-11)17-6-9-4-13(16)19-8-9/h1-5,7-8,17H,6H2. The number of thiophene rings is 1. The summed E-state index contributed by atoms with van der Waals surface area (Å²) in [6.45, 7) is 0.805.